The molecule has 1 fully saturated rings. The summed E-state index contributed by atoms with van der Waals surface area (Å²) in [5, 5.41) is 3.11. The van der Waals surface area contributed by atoms with Crippen molar-refractivity contribution >= 4 is 17.6 Å². The largest absolute Gasteiger partial charge is 0.427 e. The summed E-state index contributed by atoms with van der Waals surface area (Å²) in [5.74, 6) is 0.205. The maximum atomic E-state index is 13.0. The minimum atomic E-state index is -0.352. The number of rotatable bonds is 5. The molecule has 1 heterocycles. The molecule has 0 radical (unpaired) electrons. The van der Waals surface area contributed by atoms with Crippen LogP contribution in [0.4, 0.5) is 5.69 Å². The van der Waals surface area contributed by atoms with Crippen LogP contribution in [0.15, 0.2) is 24.8 Å². The van der Waals surface area contributed by atoms with Gasteiger partial charge < -0.3 is 14.5 Å². The Morgan fingerprint density at radius 2 is 1.96 bits per heavy atom. The van der Waals surface area contributed by atoms with E-state index >= 15 is 0 Å². The lowest BCUT2D eigenvalue weighted by Gasteiger charge is -2.43. The number of likely N-dealkylation sites (N-methyl/N-ethyl adjacent to an activating group) is 1. The Morgan fingerprint density at radius 3 is 2.52 bits per heavy atom. The average molecular weight is 345 g/mol. The number of carbonyl (C=O) groups is 2. The first kappa shape index (κ1) is 19.2. The molecule has 2 rings (SSSR count). The molecular weight excluding hydrogens is 316 g/mol. The van der Waals surface area contributed by atoms with Crippen molar-refractivity contribution in [1.29, 1.82) is 0 Å². The molecule has 0 spiro atoms. The van der Waals surface area contributed by atoms with Gasteiger partial charge >= 0.3 is 5.97 Å². The summed E-state index contributed by atoms with van der Waals surface area (Å²) >= 11 is 0. The molecule has 1 amide bonds. The third-order valence-electron chi connectivity index (χ3n) is 5.01. The smallest absolute Gasteiger partial charge is 0.308 e. The molecule has 0 saturated carbocycles. The van der Waals surface area contributed by atoms with Gasteiger partial charge in [-0.3, -0.25) is 9.59 Å². The Kier molecular flexibility index (Phi) is 6.01. The van der Waals surface area contributed by atoms with Crippen molar-refractivity contribution in [3.63, 3.8) is 0 Å². The molecule has 1 N–H and O–H groups in total. The topological polar surface area (TPSA) is 55.4 Å². The second-order valence-corrected chi connectivity index (χ2v) is 7.20. The first-order valence-electron chi connectivity index (χ1n) is 8.82. The monoisotopic (exact) mass is 345 g/mol. The Hall–Kier alpha value is -2.14. The van der Waals surface area contributed by atoms with Crippen molar-refractivity contribution in [3.05, 3.63) is 35.9 Å². The van der Waals surface area contributed by atoms with E-state index in [1.54, 1.807) is 12.1 Å². The number of anilines is 1. The van der Waals surface area contributed by atoms with E-state index in [1.165, 1.54) is 6.92 Å². The van der Waals surface area contributed by atoms with Crippen LogP contribution in [0, 0.1) is 13.8 Å². The highest BCUT2D eigenvalue weighted by Gasteiger charge is 2.39. The molecule has 5 heteroatoms. The molecule has 136 valence electrons. The highest BCUT2D eigenvalue weighted by Crippen LogP contribution is 2.29. The molecule has 1 aromatic rings. The summed E-state index contributed by atoms with van der Waals surface area (Å²) in [4.78, 5) is 24.1. The molecule has 1 aliphatic heterocycles. The lowest BCUT2D eigenvalue weighted by atomic mass is 9.97. The van der Waals surface area contributed by atoms with Gasteiger partial charge in [-0.1, -0.05) is 6.58 Å². The first-order chi connectivity index (χ1) is 11.8. The zero-order valence-corrected chi connectivity index (χ0v) is 15.7. The fourth-order valence-corrected chi connectivity index (χ4v) is 3.76. The number of esters is 1. The van der Waals surface area contributed by atoms with E-state index in [-0.39, 0.29) is 17.9 Å². The van der Waals surface area contributed by atoms with Gasteiger partial charge in [0.15, 0.2) is 6.04 Å². The standard InChI is InChI=1S/C20H28N2O3/c1-6-10-22(5)11-8-7-9-18(22)20(24)21-19-14(2)12-17(13-15(19)3)25-16(4)23/h6,12-13,18H,1,7-11H2,2-5H3/p+1. The van der Waals surface area contributed by atoms with Gasteiger partial charge in [0.05, 0.1) is 20.1 Å². The molecule has 1 aliphatic rings. The number of hydrogen-bond acceptors (Lipinski definition) is 3. The zero-order valence-electron chi connectivity index (χ0n) is 15.7. The lowest BCUT2D eigenvalue weighted by molar-refractivity contribution is -0.923. The number of nitrogens with zero attached hydrogens (tertiary/aromatic N) is 1. The number of ether oxygens (including phenoxy) is 1. The maximum Gasteiger partial charge on any atom is 0.308 e. The third-order valence-corrected chi connectivity index (χ3v) is 5.01. The van der Waals surface area contributed by atoms with Crippen molar-refractivity contribution in [2.45, 2.75) is 46.1 Å². The molecule has 5 nitrogen and oxygen atoms in total. The van der Waals surface area contributed by atoms with Crippen LogP contribution in [0.3, 0.4) is 0 Å². The normalized spacial score (nSPS) is 23.0. The van der Waals surface area contributed by atoms with Crippen molar-refractivity contribution in [3.8, 4) is 5.75 Å². The molecule has 2 atom stereocenters. The van der Waals surface area contributed by atoms with Gasteiger partial charge in [-0.15, -0.1) is 0 Å². The number of benzene rings is 1. The molecule has 0 aromatic heterocycles. The Balaban J connectivity index is 2.22. The Bertz CT molecular complexity index is 661. The van der Waals surface area contributed by atoms with Crippen molar-refractivity contribution in [2.24, 2.45) is 0 Å². The van der Waals surface area contributed by atoms with Crippen LogP contribution in [0.5, 0.6) is 5.75 Å². The van der Waals surface area contributed by atoms with Gasteiger partial charge in [0, 0.05) is 19.0 Å². The van der Waals surface area contributed by atoms with Crippen molar-refractivity contribution in [2.75, 3.05) is 25.5 Å². The van der Waals surface area contributed by atoms with Crippen LogP contribution < -0.4 is 10.1 Å². The third kappa shape index (κ3) is 4.48. The zero-order chi connectivity index (χ0) is 18.6. The van der Waals surface area contributed by atoms with Crippen LogP contribution >= 0.6 is 0 Å². The van der Waals surface area contributed by atoms with Gasteiger partial charge in [-0.2, -0.15) is 0 Å². The van der Waals surface area contributed by atoms with E-state index in [0.717, 1.165) is 49.2 Å². The van der Waals surface area contributed by atoms with Crippen LogP contribution in [0.2, 0.25) is 0 Å². The highest BCUT2D eigenvalue weighted by atomic mass is 16.5. The predicted molar refractivity (Wildman–Crippen MR) is 99.6 cm³/mol. The summed E-state index contributed by atoms with van der Waals surface area (Å²) < 4.78 is 5.86. The maximum absolute atomic E-state index is 13.0. The van der Waals surface area contributed by atoms with Gasteiger partial charge in [-0.25, -0.2) is 0 Å². The molecule has 0 bridgehead atoms. The number of carbonyl (C=O) groups excluding carboxylic acids is 2. The van der Waals surface area contributed by atoms with Crippen LogP contribution in [0.1, 0.15) is 37.3 Å². The number of aryl methyl sites for hydroxylation is 2. The molecule has 1 aromatic carbocycles. The second kappa shape index (κ2) is 7.83. The first-order valence-corrected chi connectivity index (χ1v) is 8.82. The number of likely N-dealkylation sites (tertiary alicyclic amines) is 1. The highest BCUT2D eigenvalue weighted by molar-refractivity contribution is 5.95. The quantitative estimate of drug-likeness (QED) is 0.385. The van der Waals surface area contributed by atoms with E-state index in [0.29, 0.717) is 10.2 Å². The summed E-state index contributed by atoms with van der Waals surface area (Å²) in [6, 6.07) is 3.49. The van der Waals surface area contributed by atoms with E-state index in [2.05, 4.69) is 18.9 Å². The summed E-state index contributed by atoms with van der Waals surface area (Å²) in [6.07, 6.45) is 5.01. The summed E-state index contributed by atoms with van der Waals surface area (Å²) in [7, 11) is 2.13. The number of piperidine rings is 1. The fourth-order valence-electron chi connectivity index (χ4n) is 3.76. The van der Waals surface area contributed by atoms with E-state index in [9.17, 15) is 9.59 Å². The summed E-state index contributed by atoms with van der Waals surface area (Å²) in [6.45, 7) is 10.8. The Labute approximate surface area is 150 Å². The number of hydrogen-bond donors (Lipinski definition) is 1. The van der Waals surface area contributed by atoms with Gasteiger partial charge in [0.1, 0.15) is 5.75 Å². The van der Waals surface area contributed by atoms with Crippen molar-refractivity contribution in [1.82, 2.24) is 0 Å². The molecule has 0 aliphatic carbocycles. The van der Waals surface area contributed by atoms with Crippen LogP contribution in [-0.4, -0.2) is 42.5 Å². The number of amides is 1. The molecule has 25 heavy (non-hydrogen) atoms. The van der Waals surface area contributed by atoms with E-state index < -0.39 is 0 Å². The van der Waals surface area contributed by atoms with Crippen LogP contribution in [-0.2, 0) is 9.59 Å². The van der Waals surface area contributed by atoms with Gasteiger partial charge in [0.2, 0.25) is 0 Å². The molecule has 1 saturated heterocycles. The van der Waals surface area contributed by atoms with Gasteiger partial charge in [0.25, 0.3) is 5.91 Å². The predicted octanol–water partition coefficient (Wildman–Crippen LogP) is 3.35. The SMILES string of the molecule is C=CC[N+]1(C)CCCCC1C(=O)Nc1c(C)cc(OC(C)=O)cc1C. The van der Waals surface area contributed by atoms with Gasteiger partial charge in [-0.05, 0) is 56.0 Å². The molecular formula is C20H29N2O3+. The van der Waals surface area contributed by atoms with E-state index in [4.69, 9.17) is 4.74 Å². The lowest BCUT2D eigenvalue weighted by Crippen LogP contribution is -2.59. The summed E-state index contributed by atoms with van der Waals surface area (Å²) in [5.41, 5.74) is 2.58. The minimum Gasteiger partial charge on any atom is -0.427 e. The Morgan fingerprint density at radius 1 is 1.32 bits per heavy atom. The van der Waals surface area contributed by atoms with E-state index in [1.807, 2.05) is 19.9 Å². The van der Waals surface area contributed by atoms with Crippen LogP contribution in [0.25, 0.3) is 0 Å². The van der Waals surface area contributed by atoms with Crippen molar-refractivity contribution < 1.29 is 18.8 Å². The second-order valence-electron chi connectivity index (χ2n) is 7.20. The number of nitrogens with one attached hydrogen (secondary N) is 1. The minimum absolute atomic E-state index is 0.0514. The molecule has 2 unspecified atom stereocenters. The number of quaternary nitrogens is 1. The average Bonchev–Trinajstić information content (AvgIpc) is 2.50. The fraction of sp³-hybridized carbons (Fsp3) is 0.500.